The molecule has 2 aromatic carbocycles. The highest BCUT2D eigenvalue weighted by atomic mass is 79.9. The number of carbonyl (C=O) groups is 1. The monoisotopic (exact) mass is 345 g/mol. The van der Waals surface area contributed by atoms with Gasteiger partial charge in [0.15, 0.2) is 0 Å². The number of ether oxygens (including phenoxy) is 1. The second kappa shape index (κ2) is 5.90. The van der Waals surface area contributed by atoms with Crippen molar-refractivity contribution in [2.75, 3.05) is 0 Å². The molecule has 0 aromatic heterocycles. The van der Waals surface area contributed by atoms with E-state index in [0.717, 1.165) is 10.0 Å². The van der Waals surface area contributed by atoms with Gasteiger partial charge in [-0.05, 0) is 35.7 Å². The number of rotatable bonds is 2. The normalized spacial score (nSPS) is 16.7. The lowest BCUT2D eigenvalue weighted by Crippen LogP contribution is -2.28. The number of carbonyl (C=O) groups excluding carboxylic acids is 1. The zero-order valence-corrected chi connectivity index (χ0v) is 13.3. The summed E-state index contributed by atoms with van der Waals surface area (Å²) in [5.74, 6) is 0. The Morgan fingerprint density at radius 3 is 2.81 bits per heavy atom. The van der Waals surface area contributed by atoms with Crippen molar-refractivity contribution < 1.29 is 9.53 Å². The molecule has 1 aliphatic heterocycles. The van der Waals surface area contributed by atoms with Crippen LogP contribution in [-0.2, 0) is 17.9 Å². The SMILES string of the molecule is C[C@@H]1c2ccc(Br)cc2CN1C(=O)OCc1ccccc1. The Hall–Kier alpha value is -1.81. The molecule has 0 fully saturated rings. The van der Waals surface area contributed by atoms with Gasteiger partial charge in [0.05, 0.1) is 12.6 Å². The lowest BCUT2D eigenvalue weighted by Gasteiger charge is -2.21. The molecule has 108 valence electrons. The van der Waals surface area contributed by atoms with Crippen molar-refractivity contribution in [1.29, 1.82) is 0 Å². The molecule has 0 bridgehead atoms. The number of amides is 1. The van der Waals surface area contributed by atoms with Crippen molar-refractivity contribution in [3.63, 3.8) is 0 Å². The third-order valence-electron chi connectivity index (χ3n) is 3.80. The fraction of sp³-hybridized carbons (Fsp3) is 0.235. The van der Waals surface area contributed by atoms with E-state index in [0.29, 0.717) is 13.2 Å². The van der Waals surface area contributed by atoms with Crippen LogP contribution in [0.5, 0.6) is 0 Å². The number of benzene rings is 2. The molecule has 3 rings (SSSR count). The van der Waals surface area contributed by atoms with Crippen molar-refractivity contribution >= 4 is 22.0 Å². The van der Waals surface area contributed by atoms with Crippen LogP contribution in [0.15, 0.2) is 53.0 Å². The Morgan fingerprint density at radius 1 is 1.29 bits per heavy atom. The summed E-state index contributed by atoms with van der Waals surface area (Å²) in [4.78, 5) is 14.0. The van der Waals surface area contributed by atoms with E-state index in [-0.39, 0.29) is 12.1 Å². The first-order valence-corrected chi connectivity index (χ1v) is 7.70. The Kier molecular flexibility index (Phi) is 3.97. The van der Waals surface area contributed by atoms with Crippen LogP contribution < -0.4 is 0 Å². The van der Waals surface area contributed by atoms with E-state index < -0.39 is 0 Å². The molecule has 3 nitrogen and oxygen atoms in total. The van der Waals surface area contributed by atoms with Crippen LogP contribution in [-0.4, -0.2) is 11.0 Å². The van der Waals surface area contributed by atoms with Crippen molar-refractivity contribution in [2.24, 2.45) is 0 Å². The van der Waals surface area contributed by atoms with Crippen molar-refractivity contribution in [2.45, 2.75) is 26.1 Å². The van der Waals surface area contributed by atoms with Gasteiger partial charge in [0.2, 0.25) is 0 Å². The molecule has 0 N–H and O–H groups in total. The summed E-state index contributed by atoms with van der Waals surface area (Å²) in [6.45, 7) is 2.94. The third kappa shape index (κ3) is 2.95. The molecule has 0 aliphatic carbocycles. The van der Waals surface area contributed by atoms with Crippen LogP contribution in [0.25, 0.3) is 0 Å². The van der Waals surface area contributed by atoms with Crippen LogP contribution in [0, 0.1) is 0 Å². The van der Waals surface area contributed by atoms with Crippen LogP contribution in [0.3, 0.4) is 0 Å². The fourth-order valence-corrected chi connectivity index (χ4v) is 3.04. The zero-order valence-electron chi connectivity index (χ0n) is 11.8. The smallest absolute Gasteiger partial charge is 0.410 e. The van der Waals surface area contributed by atoms with Crippen LogP contribution >= 0.6 is 15.9 Å². The minimum atomic E-state index is -0.265. The molecule has 0 saturated heterocycles. The molecule has 0 radical (unpaired) electrons. The summed E-state index contributed by atoms with van der Waals surface area (Å²) in [7, 11) is 0. The minimum absolute atomic E-state index is 0.0522. The Labute approximate surface area is 132 Å². The molecule has 21 heavy (non-hydrogen) atoms. The first-order valence-electron chi connectivity index (χ1n) is 6.91. The fourth-order valence-electron chi connectivity index (χ4n) is 2.63. The molecule has 1 amide bonds. The summed E-state index contributed by atoms with van der Waals surface area (Å²) in [5, 5.41) is 0. The Bertz CT molecular complexity index is 657. The van der Waals surface area contributed by atoms with Gasteiger partial charge in [-0.3, -0.25) is 4.90 Å². The van der Waals surface area contributed by atoms with Crippen molar-refractivity contribution in [3.8, 4) is 0 Å². The molecule has 4 heteroatoms. The number of nitrogens with zero attached hydrogens (tertiary/aromatic N) is 1. The number of hydrogen-bond acceptors (Lipinski definition) is 2. The molecule has 1 heterocycles. The molecular weight excluding hydrogens is 330 g/mol. The first kappa shape index (κ1) is 14.1. The highest BCUT2D eigenvalue weighted by Gasteiger charge is 2.31. The maximum atomic E-state index is 12.3. The third-order valence-corrected chi connectivity index (χ3v) is 4.30. The van der Waals surface area contributed by atoms with E-state index in [1.807, 2.05) is 43.3 Å². The molecule has 1 aliphatic rings. The van der Waals surface area contributed by atoms with Crippen LogP contribution in [0.1, 0.15) is 29.7 Å². The quantitative estimate of drug-likeness (QED) is 0.791. The summed E-state index contributed by atoms with van der Waals surface area (Å²) >= 11 is 3.47. The maximum Gasteiger partial charge on any atom is 0.410 e. The van der Waals surface area contributed by atoms with E-state index in [1.165, 1.54) is 11.1 Å². The molecule has 2 aromatic rings. The van der Waals surface area contributed by atoms with Crippen LogP contribution in [0.4, 0.5) is 4.79 Å². The minimum Gasteiger partial charge on any atom is -0.445 e. The Morgan fingerprint density at radius 2 is 2.05 bits per heavy atom. The molecule has 0 saturated carbocycles. The van der Waals surface area contributed by atoms with Gasteiger partial charge in [-0.2, -0.15) is 0 Å². The first-order chi connectivity index (χ1) is 10.1. The highest BCUT2D eigenvalue weighted by Crippen LogP contribution is 2.35. The lowest BCUT2D eigenvalue weighted by atomic mass is 10.1. The lowest BCUT2D eigenvalue weighted by molar-refractivity contribution is 0.0859. The Balaban J connectivity index is 1.67. The van der Waals surface area contributed by atoms with Gasteiger partial charge in [0, 0.05) is 4.47 Å². The average molecular weight is 346 g/mol. The summed E-state index contributed by atoms with van der Waals surface area (Å²) < 4.78 is 6.45. The summed E-state index contributed by atoms with van der Waals surface area (Å²) in [6.07, 6.45) is -0.265. The number of fused-ring (bicyclic) bond motifs is 1. The van der Waals surface area contributed by atoms with E-state index in [9.17, 15) is 4.79 Å². The molecule has 0 spiro atoms. The summed E-state index contributed by atoms with van der Waals surface area (Å²) in [5.41, 5.74) is 3.36. The van der Waals surface area contributed by atoms with Crippen molar-refractivity contribution in [3.05, 3.63) is 69.7 Å². The largest absolute Gasteiger partial charge is 0.445 e. The van der Waals surface area contributed by atoms with E-state index in [1.54, 1.807) is 4.90 Å². The van der Waals surface area contributed by atoms with E-state index in [2.05, 4.69) is 28.1 Å². The molecular formula is C17H16BrNO2. The number of halogens is 1. The van der Waals surface area contributed by atoms with E-state index >= 15 is 0 Å². The second-order valence-electron chi connectivity index (χ2n) is 5.19. The predicted octanol–water partition coefficient (Wildman–Crippen LogP) is 4.66. The summed E-state index contributed by atoms with van der Waals surface area (Å²) in [6, 6.07) is 15.9. The van der Waals surface area contributed by atoms with Gasteiger partial charge < -0.3 is 4.74 Å². The topological polar surface area (TPSA) is 29.5 Å². The average Bonchev–Trinajstić information content (AvgIpc) is 2.82. The van der Waals surface area contributed by atoms with Gasteiger partial charge in [-0.15, -0.1) is 0 Å². The van der Waals surface area contributed by atoms with Crippen LogP contribution in [0.2, 0.25) is 0 Å². The van der Waals surface area contributed by atoms with Gasteiger partial charge in [0.1, 0.15) is 6.61 Å². The molecule has 1 atom stereocenters. The van der Waals surface area contributed by atoms with E-state index in [4.69, 9.17) is 4.74 Å². The zero-order chi connectivity index (χ0) is 14.8. The van der Waals surface area contributed by atoms with Crippen molar-refractivity contribution in [1.82, 2.24) is 4.90 Å². The van der Waals surface area contributed by atoms with Gasteiger partial charge in [-0.25, -0.2) is 4.79 Å². The van der Waals surface area contributed by atoms with Gasteiger partial charge >= 0.3 is 6.09 Å². The highest BCUT2D eigenvalue weighted by molar-refractivity contribution is 9.10. The maximum absolute atomic E-state index is 12.3. The molecule has 0 unspecified atom stereocenters. The standard InChI is InChI=1S/C17H16BrNO2/c1-12-16-8-7-15(18)9-14(16)10-19(12)17(20)21-11-13-5-3-2-4-6-13/h2-9,12H,10-11H2,1H3/t12-/m1/s1. The predicted molar refractivity (Wildman–Crippen MR) is 84.7 cm³/mol. The van der Waals surface area contributed by atoms with Gasteiger partial charge in [0.25, 0.3) is 0 Å². The number of hydrogen-bond donors (Lipinski definition) is 0. The second-order valence-corrected chi connectivity index (χ2v) is 6.10. The van der Waals surface area contributed by atoms with Gasteiger partial charge in [-0.1, -0.05) is 52.3 Å².